The second kappa shape index (κ2) is 5.94. The molecule has 0 radical (unpaired) electrons. The van der Waals surface area contributed by atoms with Crippen molar-refractivity contribution in [2.24, 2.45) is 0 Å². The van der Waals surface area contributed by atoms with Crippen LogP contribution in [0.25, 0.3) is 0 Å². The molecule has 3 heterocycles. The number of aryl methyl sites for hydroxylation is 1. The van der Waals surface area contributed by atoms with Gasteiger partial charge in [0.25, 0.3) is 0 Å². The highest BCUT2D eigenvalue weighted by Crippen LogP contribution is 2.39. The van der Waals surface area contributed by atoms with Gasteiger partial charge in [-0.25, -0.2) is 4.98 Å². The molecule has 0 saturated heterocycles. The van der Waals surface area contributed by atoms with E-state index in [0.29, 0.717) is 24.1 Å². The summed E-state index contributed by atoms with van der Waals surface area (Å²) in [6, 6.07) is 0. The molecule has 0 saturated carbocycles. The van der Waals surface area contributed by atoms with E-state index in [9.17, 15) is 5.11 Å². The van der Waals surface area contributed by atoms with Gasteiger partial charge in [0.2, 0.25) is 5.95 Å². The number of pyridine rings is 1. The van der Waals surface area contributed by atoms with Crippen molar-refractivity contribution in [3.8, 4) is 0 Å². The Morgan fingerprint density at radius 1 is 1.30 bits per heavy atom. The Balaban J connectivity index is 1.99. The molecule has 1 unspecified atom stereocenters. The molecule has 0 amide bonds. The third kappa shape index (κ3) is 2.72. The predicted octanol–water partition coefficient (Wildman–Crippen LogP) is 2.13. The van der Waals surface area contributed by atoms with Crippen molar-refractivity contribution in [3.63, 3.8) is 0 Å². The number of halogens is 1. The quantitative estimate of drug-likeness (QED) is 0.836. The average Bonchev–Trinajstić information content (AvgIpc) is 2.86. The molecule has 1 atom stereocenters. The van der Waals surface area contributed by atoms with Crippen LogP contribution in [0.15, 0.2) is 6.20 Å². The Hall–Kier alpha value is -1.92. The van der Waals surface area contributed by atoms with E-state index >= 15 is 0 Å². The van der Waals surface area contributed by atoms with Gasteiger partial charge in [-0.05, 0) is 37.5 Å². The van der Waals surface area contributed by atoms with Crippen molar-refractivity contribution in [2.75, 3.05) is 23.8 Å². The molecule has 0 fully saturated rings. The minimum absolute atomic E-state index is 0.000651. The number of nitrogens with zero attached hydrogens (tertiary/aromatic N) is 4. The van der Waals surface area contributed by atoms with Crippen molar-refractivity contribution in [3.05, 3.63) is 39.3 Å². The van der Waals surface area contributed by atoms with E-state index in [1.165, 1.54) is 11.1 Å². The smallest absolute Gasteiger partial charge is 0.223 e. The fourth-order valence-electron chi connectivity index (χ4n) is 3.02. The SMILES string of the molecule is Cc1ncc(CN2CC(CO)c3c(Cl)nc(N)nc32)c(C)c1C. The topological polar surface area (TPSA) is 88.2 Å². The maximum absolute atomic E-state index is 9.64. The maximum Gasteiger partial charge on any atom is 0.223 e. The first kappa shape index (κ1) is 16.0. The van der Waals surface area contributed by atoms with Gasteiger partial charge in [-0.3, -0.25) is 4.98 Å². The standard InChI is InChI=1S/C16H20ClN5O/c1-8-9(2)11(4-19-10(8)3)5-22-6-12(7-23)13-14(17)20-16(18)21-15(13)22/h4,12,23H,5-7H2,1-3H3,(H2,18,20,21). The fraction of sp³-hybridized carbons (Fsp3) is 0.438. The minimum atomic E-state index is -0.0992. The summed E-state index contributed by atoms with van der Waals surface area (Å²) in [7, 11) is 0. The Morgan fingerprint density at radius 2 is 2.04 bits per heavy atom. The first-order valence-electron chi connectivity index (χ1n) is 7.52. The molecule has 23 heavy (non-hydrogen) atoms. The number of aliphatic hydroxyl groups excluding tert-OH is 1. The Kier molecular flexibility index (Phi) is 4.12. The molecule has 0 spiro atoms. The molecule has 7 heteroatoms. The molecular formula is C16H20ClN5O. The summed E-state index contributed by atoms with van der Waals surface area (Å²) in [5.74, 6) is 0.754. The van der Waals surface area contributed by atoms with Crippen molar-refractivity contribution in [2.45, 2.75) is 33.2 Å². The van der Waals surface area contributed by atoms with E-state index in [4.69, 9.17) is 17.3 Å². The average molecular weight is 334 g/mol. The lowest BCUT2D eigenvalue weighted by atomic mass is 10.0. The molecule has 122 valence electrons. The van der Waals surface area contributed by atoms with Gasteiger partial charge in [0.1, 0.15) is 11.0 Å². The molecule has 3 rings (SSSR count). The molecular weight excluding hydrogens is 314 g/mol. The normalized spacial score (nSPS) is 16.7. The third-order valence-electron chi connectivity index (χ3n) is 4.63. The van der Waals surface area contributed by atoms with Gasteiger partial charge < -0.3 is 15.7 Å². The van der Waals surface area contributed by atoms with Gasteiger partial charge in [0, 0.05) is 36.5 Å². The van der Waals surface area contributed by atoms with Crippen LogP contribution >= 0.6 is 11.6 Å². The summed E-state index contributed by atoms with van der Waals surface area (Å²) < 4.78 is 0. The summed E-state index contributed by atoms with van der Waals surface area (Å²) in [6.07, 6.45) is 1.90. The number of fused-ring (bicyclic) bond motifs is 1. The zero-order valence-electron chi connectivity index (χ0n) is 13.5. The highest BCUT2D eigenvalue weighted by Gasteiger charge is 2.33. The summed E-state index contributed by atoms with van der Waals surface area (Å²) in [5, 5.41) is 9.96. The number of aromatic nitrogens is 3. The maximum atomic E-state index is 9.64. The van der Waals surface area contributed by atoms with Gasteiger partial charge in [-0.2, -0.15) is 4.98 Å². The van der Waals surface area contributed by atoms with Crippen molar-refractivity contribution in [1.82, 2.24) is 15.0 Å². The summed E-state index contributed by atoms with van der Waals surface area (Å²) >= 11 is 6.21. The van der Waals surface area contributed by atoms with Crippen LogP contribution in [0, 0.1) is 20.8 Å². The molecule has 2 aromatic rings. The second-order valence-electron chi connectivity index (χ2n) is 5.99. The number of anilines is 2. The molecule has 2 aromatic heterocycles. The van der Waals surface area contributed by atoms with Gasteiger partial charge in [-0.1, -0.05) is 11.6 Å². The lowest BCUT2D eigenvalue weighted by Crippen LogP contribution is -2.24. The van der Waals surface area contributed by atoms with Crippen LogP contribution in [-0.2, 0) is 6.54 Å². The van der Waals surface area contributed by atoms with Crippen LogP contribution in [0.5, 0.6) is 0 Å². The van der Waals surface area contributed by atoms with Crippen molar-refractivity contribution >= 4 is 23.4 Å². The van der Waals surface area contributed by atoms with E-state index in [0.717, 1.165) is 16.8 Å². The highest BCUT2D eigenvalue weighted by atomic mass is 35.5. The van der Waals surface area contributed by atoms with Crippen LogP contribution in [0.1, 0.15) is 33.9 Å². The van der Waals surface area contributed by atoms with Crippen molar-refractivity contribution in [1.29, 1.82) is 0 Å². The zero-order chi connectivity index (χ0) is 16.7. The van der Waals surface area contributed by atoms with Crippen LogP contribution in [-0.4, -0.2) is 33.2 Å². The number of nitrogen functional groups attached to an aromatic ring is 1. The van der Waals surface area contributed by atoms with Crippen LogP contribution in [0.4, 0.5) is 11.8 Å². The Labute approximate surface area is 140 Å². The summed E-state index contributed by atoms with van der Waals surface area (Å²) in [5.41, 5.74) is 11.1. The van der Waals surface area contributed by atoms with Gasteiger partial charge in [-0.15, -0.1) is 0 Å². The second-order valence-corrected chi connectivity index (χ2v) is 6.35. The van der Waals surface area contributed by atoms with Crippen LogP contribution in [0.2, 0.25) is 5.15 Å². The van der Waals surface area contributed by atoms with Crippen molar-refractivity contribution < 1.29 is 5.11 Å². The Morgan fingerprint density at radius 3 is 2.74 bits per heavy atom. The molecule has 0 aliphatic carbocycles. The highest BCUT2D eigenvalue weighted by molar-refractivity contribution is 6.30. The number of hydrogen-bond donors (Lipinski definition) is 2. The molecule has 1 aliphatic rings. The summed E-state index contributed by atoms with van der Waals surface area (Å²) in [4.78, 5) is 14.9. The molecule has 1 aliphatic heterocycles. The monoisotopic (exact) mass is 333 g/mol. The largest absolute Gasteiger partial charge is 0.396 e. The molecule has 0 bridgehead atoms. The first-order chi connectivity index (χ1) is 10.9. The minimum Gasteiger partial charge on any atom is -0.396 e. The molecule has 0 aromatic carbocycles. The number of hydrogen-bond acceptors (Lipinski definition) is 6. The number of aliphatic hydroxyl groups is 1. The first-order valence-corrected chi connectivity index (χ1v) is 7.90. The fourth-order valence-corrected chi connectivity index (χ4v) is 3.34. The predicted molar refractivity (Wildman–Crippen MR) is 90.8 cm³/mol. The van der Waals surface area contributed by atoms with E-state index in [1.807, 2.05) is 13.1 Å². The molecule has 6 nitrogen and oxygen atoms in total. The molecule has 3 N–H and O–H groups in total. The Bertz CT molecular complexity index is 765. The lowest BCUT2D eigenvalue weighted by molar-refractivity contribution is 0.270. The van der Waals surface area contributed by atoms with Gasteiger partial charge in [0.15, 0.2) is 0 Å². The zero-order valence-corrected chi connectivity index (χ0v) is 14.2. The third-order valence-corrected chi connectivity index (χ3v) is 4.92. The van der Waals surface area contributed by atoms with E-state index in [2.05, 4.69) is 33.7 Å². The number of nitrogens with two attached hydrogens (primary N) is 1. The van der Waals surface area contributed by atoms with E-state index in [1.54, 1.807) is 0 Å². The number of rotatable bonds is 3. The lowest BCUT2D eigenvalue weighted by Gasteiger charge is -2.21. The van der Waals surface area contributed by atoms with Crippen LogP contribution < -0.4 is 10.6 Å². The summed E-state index contributed by atoms with van der Waals surface area (Å²) in [6.45, 7) is 7.47. The van der Waals surface area contributed by atoms with Crippen LogP contribution in [0.3, 0.4) is 0 Å². The van der Waals surface area contributed by atoms with E-state index in [-0.39, 0.29) is 18.5 Å². The van der Waals surface area contributed by atoms with E-state index < -0.39 is 0 Å². The van der Waals surface area contributed by atoms with Gasteiger partial charge in [0.05, 0.1) is 6.61 Å². The van der Waals surface area contributed by atoms with Gasteiger partial charge >= 0.3 is 0 Å².